The minimum Gasteiger partial charge on any atom is -0.324 e. The molecule has 0 bridgehead atoms. The van der Waals surface area contributed by atoms with Gasteiger partial charge in [-0.1, -0.05) is 23.7 Å². The van der Waals surface area contributed by atoms with E-state index in [1.165, 1.54) is 17.6 Å². The van der Waals surface area contributed by atoms with Crippen LogP contribution in [0, 0.1) is 0 Å². The van der Waals surface area contributed by atoms with Crippen molar-refractivity contribution in [3.05, 3.63) is 63.8 Å². The van der Waals surface area contributed by atoms with Gasteiger partial charge in [0.05, 0.1) is 14.7 Å². The number of carbonyl (C=O) groups excluding carboxylic acids is 1. The molecule has 0 radical (unpaired) electrons. The summed E-state index contributed by atoms with van der Waals surface area (Å²) in [6.07, 6.45) is 3.30. The molecule has 7 nitrogen and oxygen atoms in total. The summed E-state index contributed by atoms with van der Waals surface area (Å²) in [5.41, 5.74) is 3.55. The molecule has 1 saturated heterocycles. The molecule has 3 heterocycles. The van der Waals surface area contributed by atoms with Crippen molar-refractivity contribution >= 4 is 55.3 Å². The van der Waals surface area contributed by atoms with Crippen molar-refractivity contribution in [2.75, 3.05) is 24.7 Å². The van der Waals surface area contributed by atoms with E-state index in [0.29, 0.717) is 21.3 Å². The largest absolute Gasteiger partial charge is 0.324 e. The van der Waals surface area contributed by atoms with Crippen LogP contribution >= 0.6 is 22.9 Å². The monoisotopic (exact) mass is 514 g/mol. The highest BCUT2D eigenvalue weighted by atomic mass is 35.5. The molecule has 1 aliphatic rings. The van der Waals surface area contributed by atoms with Crippen molar-refractivity contribution in [3.8, 4) is 11.3 Å². The maximum absolute atomic E-state index is 13.4. The Hall–Kier alpha value is -2.72. The summed E-state index contributed by atoms with van der Waals surface area (Å²) < 4.78 is 24.6. The Balaban J connectivity index is 1.48. The van der Waals surface area contributed by atoms with Gasteiger partial charge in [0.1, 0.15) is 11.7 Å². The summed E-state index contributed by atoms with van der Waals surface area (Å²) in [5, 5.41) is 13.1. The first-order chi connectivity index (χ1) is 16.3. The number of nitrogens with zero attached hydrogens (tertiary/aromatic N) is 2. The van der Waals surface area contributed by atoms with Gasteiger partial charge in [0.25, 0.3) is 0 Å². The molecule has 34 heavy (non-hydrogen) atoms. The molecule has 4 aromatic rings. The second-order valence-corrected chi connectivity index (χ2v) is 12.0. The first kappa shape index (κ1) is 23.0. The molecule has 176 valence electrons. The molecule has 1 amide bonds. The lowest BCUT2D eigenvalue weighted by Crippen LogP contribution is -2.35. The van der Waals surface area contributed by atoms with E-state index in [-0.39, 0.29) is 10.8 Å². The van der Waals surface area contributed by atoms with Gasteiger partial charge in [-0.3, -0.25) is 14.8 Å². The Morgan fingerprint density at radius 3 is 2.68 bits per heavy atom. The maximum Gasteiger partial charge on any atom is 0.246 e. The molecule has 2 aromatic heterocycles. The minimum atomic E-state index is -3.35. The molecule has 1 aliphatic heterocycles. The van der Waals surface area contributed by atoms with Gasteiger partial charge in [0, 0.05) is 28.5 Å². The van der Waals surface area contributed by atoms with Crippen LogP contribution in [-0.2, 0) is 14.6 Å². The van der Waals surface area contributed by atoms with E-state index in [4.69, 9.17) is 11.6 Å². The smallest absolute Gasteiger partial charge is 0.246 e. The number of sulfone groups is 1. The van der Waals surface area contributed by atoms with Crippen molar-refractivity contribution < 1.29 is 13.2 Å². The molecule has 0 saturated carbocycles. The van der Waals surface area contributed by atoms with Crippen LogP contribution in [0.25, 0.3) is 22.2 Å². The van der Waals surface area contributed by atoms with Gasteiger partial charge in [0.15, 0.2) is 9.84 Å². The number of benzene rings is 2. The summed E-state index contributed by atoms with van der Waals surface area (Å²) in [7, 11) is -3.35. The van der Waals surface area contributed by atoms with Crippen molar-refractivity contribution in [1.29, 1.82) is 0 Å². The minimum absolute atomic E-state index is 0.134. The summed E-state index contributed by atoms with van der Waals surface area (Å²) in [4.78, 5) is 15.8. The lowest BCUT2D eigenvalue weighted by Gasteiger charge is -2.26. The maximum atomic E-state index is 13.4. The van der Waals surface area contributed by atoms with E-state index >= 15 is 0 Å². The predicted molar refractivity (Wildman–Crippen MR) is 136 cm³/mol. The fourth-order valence-electron chi connectivity index (χ4n) is 4.40. The van der Waals surface area contributed by atoms with Crippen LogP contribution < -0.4 is 5.32 Å². The predicted octanol–water partition coefficient (Wildman–Crippen LogP) is 5.12. The number of halogens is 1. The molecule has 2 N–H and O–H groups in total. The van der Waals surface area contributed by atoms with Crippen molar-refractivity contribution in [2.45, 2.75) is 23.8 Å². The number of likely N-dealkylation sites (tertiary alicyclic amines) is 1. The number of aromatic nitrogens is 2. The van der Waals surface area contributed by atoms with Crippen LogP contribution in [0.15, 0.2) is 58.8 Å². The van der Waals surface area contributed by atoms with E-state index in [9.17, 15) is 13.2 Å². The third-order valence-electron chi connectivity index (χ3n) is 6.06. The molecule has 1 atom stereocenters. The Kier molecular flexibility index (Phi) is 6.20. The topological polar surface area (TPSA) is 95.2 Å². The van der Waals surface area contributed by atoms with Gasteiger partial charge in [0.2, 0.25) is 5.91 Å². The molecule has 0 aliphatic carbocycles. The highest BCUT2D eigenvalue weighted by molar-refractivity contribution is 7.90. The van der Waals surface area contributed by atoms with Gasteiger partial charge in [-0.2, -0.15) is 5.10 Å². The number of nitrogens with one attached hydrogen (secondary N) is 2. The average molecular weight is 515 g/mol. The van der Waals surface area contributed by atoms with Gasteiger partial charge in [-0.25, -0.2) is 8.42 Å². The van der Waals surface area contributed by atoms with Crippen molar-refractivity contribution in [2.24, 2.45) is 0 Å². The van der Waals surface area contributed by atoms with Crippen molar-refractivity contribution in [3.63, 3.8) is 0 Å². The molecule has 1 fully saturated rings. The average Bonchev–Trinajstić information content (AvgIpc) is 3.56. The number of hydrogen-bond acceptors (Lipinski definition) is 6. The number of amides is 1. The molecule has 1 unspecified atom stereocenters. The van der Waals surface area contributed by atoms with E-state index in [1.807, 2.05) is 35.7 Å². The molecule has 2 aromatic carbocycles. The van der Waals surface area contributed by atoms with Crippen LogP contribution in [0.3, 0.4) is 0 Å². The Morgan fingerprint density at radius 1 is 1.18 bits per heavy atom. The quantitative estimate of drug-likeness (QED) is 0.372. The summed E-state index contributed by atoms with van der Waals surface area (Å²) >= 11 is 7.84. The number of thiophene rings is 1. The van der Waals surface area contributed by atoms with Crippen LogP contribution in [0.4, 0.5) is 5.69 Å². The van der Waals surface area contributed by atoms with Crippen LogP contribution in [0.2, 0.25) is 4.34 Å². The lowest BCUT2D eigenvalue weighted by atomic mass is 10.1. The lowest BCUT2D eigenvalue weighted by molar-refractivity contribution is -0.121. The number of H-pyrrole nitrogens is 1. The summed E-state index contributed by atoms with van der Waals surface area (Å²) in [6, 6.07) is 13.7. The van der Waals surface area contributed by atoms with Crippen LogP contribution in [0.5, 0.6) is 0 Å². The van der Waals surface area contributed by atoms with Gasteiger partial charge in [-0.05, 0) is 67.7 Å². The molecule has 10 heteroatoms. The van der Waals surface area contributed by atoms with E-state index in [1.54, 1.807) is 18.2 Å². The third kappa shape index (κ3) is 4.48. The molecule has 0 spiro atoms. The van der Waals surface area contributed by atoms with E-state index < -0.39 is 15.9 Å². The number of hydrogen-bond donors (Lipinski definition) is 2. The summed E-state index contributed by atoms with van der Waals surface area (Å²) in [5.74, 6) is -0.134. The normalized spacial score (nSPS) is 15.6. The summed E-state index contributed by atoms with van der Waals surface area (Å²) in [6.45, 7) is 1.71. The zero-order valence-corrected chi connectivity index (χ0v) is 20.8. The molecule has 5 rings (SSSR count). The Bertz CT molecular complexity index is 1470. The molecular formula is C24H23ClN4O3S2. The fourth-order valence-corrected chi connectivity index (χ4v) is 6.04. The number of carbonyl (C=O) groups is 1. The Morgan fingerprint density at radius 2 is 1.97 bits per heavy atom. The second-order valence-electron chi connectivity index (χ2n) is 8.42. The van der Waals surface area contributed by atoms with Crippen molar-refractivity contribution in [1.82, 2.24) is 15.1 Å². The number of rotatable bonds is 6. The number of fused-ring (bicyclic) bond motifs is 1. The van der Waals surface area contributed by atoms with E-state index in [0.717, 1.165) is 42.4 Å². The highest BCUT2D eigenvalue weighted by Crippen LogP contribution is 2.35. The van der Waals surface area contributed by atoms with Gasteiger partial charge >= 0.3 is 0 Å². The second kappa shape index (κ2) is 9.14. The fraction of sp³-hybridized carbons (Fsp3) is 0.250. The SMILES string of the molecule is CS(=O)(=O)c1cccc(-c2n[nH]c3ccc(NC(=O)C(c4ccsc4Cl)N4CCCC4)cc23)c1. The number of aromatic amines is 1. The first-order valence-electron chi connectivity index (χ1n) is 10.9. The standard InChI is InChI=1S/C24H23ClN4O3S2/c1-34(31,32)17-6-4-5-15(13-17)21-19-14-16(7-8-20(19)27-28-21)26-24(30)22(29-10-2-3-11-29)18-9-12-33-23(18)25/h4-9,12-14,22H,2-3,10-11H2,1H3,(H,26,30)(H,27,28). The van der Waals surface area contributed by atoms with Crippen LogP contribution in [0.1, 0.15) is 24.4 Å². The highest BCUT2D eigenvalue weighted by Gasteiger charge is 2.32. The zero-order valence-electron chi connectivity index (χ0n) is 18.4. The Labute approximate surface area is 206 Å². The first-order valence-corrected chi connectivity index (χ1v) is 14.0. The zero-order chi connectivity index (χ0) is 23.9. The van der Waals surface area contributed by atoms with Gasteiger partial charge in [-0.15, -0.1) is 11.3 Å². The van der Waals surface area contributed by atoms with Crippen LogP contribution in [-0.4, -0.2) is 48.8 Å². The molecular weight excluding hydrogens is 492 g/mol. The van der Waals surface area contributed by atoms with Gasteiger partial charge < -0.3 is 5.32 Å². The third-order valence-corrected chi connectivity index (χ3v) is 8.37. The number of anilines is 1. The van der Waals surface area contributed by atoms with E-state index in [2.05, 4.69) is 20.4 Å².